The van der Waals surface area contributed by atoms with Gasteiger partial charge in [-0.1, -0.05) is 6.07 Å². The van der Waals surface area contributed by atoms with Gasteiger partial charge in [-0.2, -0.15) is 0 Å². The molecule has 10 heteroatoms. The van der Waals surface area contributed by atoms with Crippen molar-refractivity contribution in [3.8, 4) is 17.2 Å². The number of carbonyl (C=O) groups is 2. The van der Waals surface area contributed by atoms with E-state index in [1.54, 1.807) is 42.5 Å². The molecule has 3 aromatic carbocycles. The molecule has 3 aromatic rings. The van der Waals surface area contributed by atoms with Crippen molar-refractivity contribution in [2.24, 2.45) is 5.73 Å². The van der Waals surface area contributed by atoms with Crippen LogP contribution in [0.25, 0.3) is 0 Å². The van der Waals surface area contributed by atoms with Gasteiger partial charge in [0.1, 0.15) is 17.2 Å². The van der Waals surface area contributed by atoms with E-state index < -0.39 is 21.9 Å². The Kier molecular flexibility index (Phi) is 7.75. The second kappa shape index (κ2) is 10.7. The van der Waals surface area contributed by atoms with E-state index in [0.717, 1.165) is 4.31 Å². The number of sulfonamides is 1. The molecule has 0 aliphatic carbocycles. The standard InChI is InChI=1S/C24H24N2O7S/c1-3-31-19-11-13-22(14-12-19)34(29,30)26(2)18-7-9-20(10-8-18)32-16-23(27)33-21-6-4-5-17(15-21)24(25)28/h4-15H,3,16H2,1-2H3,(H2,25,28). The highest BCUT2D eigenvalue weighted by molar-refractivity contribution is 7.92. The Bertz CT molecular complexity index is 1260. The molecule has 0 aliphatic rings. The first-order valence-electron chi connectivity index (χ1n) is 10.3. The van der Waals surface area contributed by atoms with Crippen LogP contribution in [0.5, 0.6) is 17.2 Å². The summed E-state index contributed by atoms with van der Waals surface area (Å²) in [4.78, 5) is 23.4. The lowest BCUT2D eigenvalue weighted by Crippen LogP contribution is -2.26. The minimum Gasteiger partial charge on any atom is -0.494 e. The summed E-state index contributed by atoms with van der Waals surface area (Å²) in [5.74, 6) is -0.214. The summed E-state index contributed by atoms with van der Waals surface area (Å²) < 4.78 is 42.8. The van der Waals surface area contributed by atoms with E-state index in [0.29, 0.717) is 23.8 Å². The Morgan fingerprint density at radius 2 is 1.50 bits per heavy atom. The molecule has 0 aromatic heterocycles. The van der Waals surface area contributed by atoms with Crippen LogP contribution in [-0.4, -0.2) is 40.6 Å². The van der Waals surface area contributed by atoms with Crippen molar-refractivity contribution < 1.29 is 32.2 Å². The number of hydrogen-bond acceptors (Lipinski definition) is 7. The number of nitrogens with two attached hydrogens (primary N) is 1. The second-order valence-corrected chi connectivity index (χ2v) is 8.99. The van der Waals surface area contributed by atoms with E-state index >= 15 is 0 Å². The largest absolute Gasteiger partial charge is 0.494 e. The minimum absolute atomic E-state index is 0.127. The first-order valence-corrected chi connectivity index (χ1v) is 11.7. The fourth-order valence-electron chi connectivity index (χ4n) is 2.94. The third-order valence-corrected chi connectivity index (χ3v) is 6.50. The first kappa shape index (κ1) is 24.6. The predicted octanol–water partition coefficient (Wildman–Crippen LogP) is 2.99. The van der Waals surface area contributed by atoms with E-state index in [9.17, 15) is 18.0 Å². The Hall–Kier alpha value is -4.05. The molecular weight excluding hydrogens is 460 g/mol. The highest BCUT2D eigenvalue weighted by Gasteiger charge is 2.21. The SMILES string of the molecule is CCOc1ccc(S(=O)(=O)N(C)c2ccc(OCC(=O)Oc3cccc(C(N)=O)c3)cc2)cc1. The van der Waals surface area contributed by atoms with E-state index in [1.165, 1.54) is 37.4 Å². The van der Waals surface area contributed by atoms with Crippen LogP contribution in [0.4, 0.5) is 5.69 Å². The van der Waals surface area contributed by atoms with Crippen molar-refractivity contribution in [2.75, 3.05) is 24.6 Å². The number of anilines is 1. The summed E-state index contributed by atoms with van der Waals surface area (Å²) in [5.41, 5.74) is 5.83. The van der Waals surface area contributed by atoms with Crippen LogP contribution < -0.4 is 24.2 Å². The van der Waals surface area contributed by atoms with Crippen LogP contribution in [-0.2, 0) is 14.8 Å². The van der Waals surface area contributed by atoms with Crippen molar-refractivity contribution in [2.45, 2.75) is 11.8 Å². The van der Waals surface area contributed by atoms with Crippen molar-refractivity contribution in [1.82, 2.24) is 0 Å². The molecule has 0 heterocycles. The molecule has 0 saturated carbocycles. The van der Waals surface area contributed by atoms with Gasteiger partial charge in [0.15, 0.2) is 6.61 Å². The highest BCUT2D eigenvalue weighted by Crippen LogP contribution is 2.25. The van der Waals surface area contributed by atoms with Gasteiger partial charge in [0.2, 0.25) is 5.91 Å². The third-order valence-electron chi connectivity index (χ3n) is 4.70. The summed E-state index contributed by atoms with van der Waals surface area (Å²) in [6, 6.07) is 18.3. The molecule has 2 N–H and O–H groups in total. The Morgan fingerprint density at radius 1 is 0.882 bits per heavy atom. The van der Waals surface area contributed by atoms with E-state index in [4.69, 9.17) is 19.9 Å². The maximum Gasteiger partial charge on any atom is 0.349 e. The van der Waals surface area contributed by atoms with Gasteiger partial charge in [0.25, 0.3) is 10.0 Å². The van der Waals surface area contributed by atoms with Gasteiger partial charge in [-0.25, -0.2) is 13.2 Å². The summed E-state index contributed by atoms with van der Waals surface area (Å²) in [7, 11) is -2.33. The smallest absolute Gasteiger partial charge is 0.349 e. The van der Waals surface area contributed by atoms with Gasteiger partial charge in [0.05, 0.1) is 17.2 Å². The van der Waals surface area contributed by atoms with Crippen LogP contribution in [0, 0.1) is 0 Å². The van der Waals surface area contributed by atoms with E-state index in [1.807, 2.05) is 6.92 Å². The van der Waals surface area contributed by atoms with Crippen LogP contribution in [0.15, 0.2) is 77.7 Å². The number of hydrogen-bond donors (Lipinski definition) is 1. The molecule has 0 saturated heterocycles. The number of nitrogens with zero attached hydrogens (tertiary/aromatic N) is 1. The van der Waals surface area contributed by atoms with Crippen molar-refractivity contribution in [1.29, 1.82) is 0 Å². The Labute approximate surface area is 197 Å². The molecule has 0 spiro atoms. The van der Waals surface area contributed by atoms with Crippen molar-refractivity contribution >= 4 is 27.6 Å². The molecule has 9 nitrogen and oxygen atoms in total. The third kappa shape index (κ3) is 6.04. The van der Waals surface area contributed by atoms with Gasteiger partial charge in [0, 0.05) is 12.6 Å². The van der Waals surface area contributed by atoms with Crippen LogP contribution in [0.1, 0.15) is 17.3 Å². The van der Waals surface area contributed by atoms with E-state index in [-0.39, 0.29) is 22.8 Å². The summed E-state index contributed by atoms with van der Waals surface area (Å²) in [6.07, 6.45) is 0. The average Bonchev–Trinajstić information content (AvgIpc) is 2.83. The number of rotatable bonds is 10. The maximum atomic E-state index is 12.9. The summed E-state index contributed by atoms with van der Waals surface area (Å²) in [5, 5.41) is 0. The van der Waals surface area contributed by atoms with Crippen LogP contribution >= 0.6 is 0 Å². The number of primary amides is 1. The molecule has 0 fully saturated rings. The zero-order valence-electron chi connectivity index (χ0n) is 18.6. The summed E-state index contributed by atoms with van der Waals surface area (Å²) >= 11 is 0. The van der Waals surface area contributed by atoms with Gasteiger partial charge in [-0.15, -0.1) is 0 Å². The minimum atomic E-state index is -3.78. The fraction of sp³-hybridized carbons (Fsp3) is 0.167. The molecule has 34 heavy (non-hydrogen) atoms. The average molecular weight is 485 g/mol. The van der Waals surface area contributed by atoms with Gasteiger partial charge in [-0.3, -0.25) is 9.10 Å². The number of carbonyl (C=O) groups excluding carboxylic acids is 2. The Balaban J connectivity index is 1.60. The quantitative estimate of drug-likeness (QED) is 0.346. The van der Waals surface area contributed by atoms with Crippen molar-refractivity contribution in [3.05, 3.63) is 78.4 Å². The lowest BCUT2D eigenvalue weighted by molar-refractivity contribution is -0.136. The molecule has 1 amide bonds. The molecule has 178 valence electrons. The molecular formula is C24H24N2O7S. The first-order chi connectivity index (χ1) is 16.2. The number of esters is 1. The molecule has 0 atom stereocenters. The zero-order valence-corrected chi connectivity index (χ0v) is 19.4. The lowest BCUT2D eigenvalue weighted by Gasteiger charge is -2.20. The Morgan fingerprint density at radius 3 is 2.12 bits per heavy atom. The maximum absolute atomic E-state index is 12.9. The fourth-order valence-corrected chi connectivity index (χ4v) is 4.14. The molecule has 0 bridgehead atoms. The zero-order chi connectivity index (χ0) is 24.7. The topological polar surface area (TPSA) is 125 Å². The second-order valence-electron chi connectivity index (χ2n) is 7.03. The monoisotopic (exact) mass is 484 g/mol. The van der Waals surface area contributed by atoms with E-state index in [2.05, 4.69) is 0 Å². The molecule has 0 radical (unpaired) electrons. The number of ether oxygens (including phenoxy) is 3. The van der Waals surface area contributed by atoms with Gasteiger partial charge >= 0.3 is 5.97 Å². The number of amides is 1. The molecule has 0 unspecified atom stereocenters. The number of benzene rings is 3. The summed E-state index contributed by atoms with van der Waals surface area (Å²) in [6.45, 7) is 1.94. The normalized spacial score (nSPS) is 10.9. The lowest BCUT2D eigenvalue weighted by atomic mass is 10.2. The van der Waals surface area contributed by atoms with Gasteiger partial charge < -0.3 is 19.9 Å². The van der Waals surface area contributed by atoms with Crippen LogP contribution in [0.3, 0.4) is 0 Å². The van der Waals surface area contributed by atoms with Crippen molar-refractivity contribution in [3.63, 3.8) is 0 Å². The predicted molar refractivity (Wildman–Crippen MR) is 126 cm³/mol. The molecule has 3 rings (SSSR count). The van der Waals surface area contributed by atoms with Crippen LogP contribution in [0.2, 0.25) is 0 Å². The van der Waals surface area contributed by atoms with Gasteiger partial charge in [-0.05, 0) is 73.7 Å². The molecule has 0 aliphatic heterocycles. The highest BCUT2D eigenvalue weighted by atomic mass is 32.2.